The van der Waals surface area contributed by atoms with Crippen LogP contribution >= 0.6 is 11.6 Å². The van der Waals surface area contributed by atoms with Gasteiger partial charge in [-0.15, -0.1) is 11.6 Å². The lowest BCUT2D eigenvalue weighted by Crippen LogP contribution is -2.24. The number of carbonyl (C=O) groups is 1. The van der Waals surface area contributed by atoms with Crippen LogP contribution in [0.15, 0.2) is 24.3 Å². The van der Waals surface area contributed by atoms with Gasteiger partial charge < -0.3 is 10.4 Å². The third-order valence-corrected chi connectivity index (χ3v) is 3.05. The third-order valence-electron chi connectivity index (χ3n) is 2.74. The number of unbranched alkanes of at least 4 members (excludes halogenated alkanes) is 3. The summed E-state index contributed by atoms with van der Waals surface area (Å²) in [7, 11) is 0. The van der Waals surface area contributed by atoms with Gasteiger partial charge >= 0.3 is 0 Å². The molecule has 0 radical (unpaired) electrons. The lowest BCUT2D eigenvalue weighted by Gasteiger charge is -2.05. The molecule has 100 valence electrons. The molecule has 0 aliphatic carbocycles. The van der Waals surface area contributed by atoms with Crippen LogP contribution in [0.3, 0.4) is 0 Å². The summed E-state index contributed by atoms with van der Waals surface area (Å²) in [5.41, 5.74) is 1.68. The van der Waals surface area contributed by atoms with Crippen LogP contribution in [0, 0.1) is 0 Å². The van der Waals surface area contributed by atoms with E-state index in [2.05, 4.69) is 5.32 Å². The number of hydrogen-bond donors (Lipinski definition) is 2. The van der Waals surface area contributed by atoms with E-state index in [9.17, 15) is 4.79 Å². The summed E-state index contributed by atoms with van der Waals surface area (Å²) >= 11 is 5.68. The minimum Gasteiger partial charge on any atom is -0.396 e. The summed E-state index contributed by atoms with van der Waals surface area (Å²) in [6.07, 6.45) is 3.84. The Morgan fingerprint density at radius 3 is 2.39 bits per heavy atom. The number of amides is 1. The Morgan fingerprint density at radius 2 is 1.78 bits per heavy atom. The smallest absolute Gasteiger partial charge is 0.251 e. The van der Waals surface area contributed by atoms with Crippen molar-refractivity contribution in [2.75, 3.05) is 13.2 Å². The molecule has 0 aromatic heterocycles. The molecule has 0 bridgehead atoms. The van der Waals surface area contributed by atoms with Crippen molar-refractivity contribution < 1.29 is 9.90 Å². The highest BCUT2D eigenvalue weighted by molar-refractivity contribution is 6.17. The summed E-state index contributed by atoms with van der Waals surface area (Å²) in [5, 5.41) is 11.5. The number of rotatable bonds is 8. The van der Waals surface area contributed by atoms with Crippen LogP contribution in [-0.2, 0) is 5.88 Å². The Labute approximate surface area is 113 Å². The number of benzene rings is 1. The Balaban J connectivity index is 2.23. The number of hydrogen-bond acceptors (Lipinski definition) is 2. The van der Waals surface area contributed by atoms with Gasteiger partial charge in [-0.3, -0.25) is 4.79 Å². The zero-order valence-electron chi connectivity index (χ0n) is 10.5. The van der Waals surface area contributed by atoms with E-state index < -0.39 is 0 Å². The number of aliphatic hydroxyl groups is 1. The van der Waals surface area contributed by atoms with Crippen molar-refractivity contribution in [3.8, 4) is 0 Å². The monoisotopic (exact) mass is 269 g/mol. The van der Waals surface area contributed by atoms with Gasteiger partial charge in [-0.05, 0) is 30.5 Å². The van der Waals surface area contributed by atoms with Crippen LogP contribution in [0.4, 0.5) is 0 Å². The number of carbonyl (C=O) groups excluding carboxylic acids is 1. The van der Waals surface area contributed by atoms with Gasteiger partial charge in [0.25, 0.3) is 5.91 Å². The summed E-state index contributed by atoms with van der Waals surface area (Å²) in [4.78, 5) is 11.7. The molecule has 0 spiro atoms. The second kappa shape index (κ2) is 8.95. The number of nitrogens with one attached hydrogen (secondary N) is 1. The second-order valence-corrected chi connectivity index (χ2v) is 4.49. The van der Waals surface area contributed by atoms with E-state index in [1.165, 1.54) is 0 Å². The maximum Gasteiger partial charge on any atom is 0.251 e. The van der Waals surface area contributed by atoms with E-state index in [0.717, 1.165) is 31.2 Å². The van der Waals surface area contributed by atoms with Crippen LogP contribution in [0.2, 0.25) is 0 Å². The van der Waals surface area contributed by atoms with Gasteiger partial charge in [0, 0.05) is 24.6 Å². The second-order valence-electron chi connectivity index (χ2n) is 4.22. The van der Waals surface area contributed by atoms with Gasteiger partial charge in [-0.2, -0.15) is 0 Å². The van der Waals surface area contributed by atoms with Crippen molar-refractivity contribution in [2.24, 2.45) is 0 Å². The molecular formula is C14H20ClNO2. The summed E-state index contributed by atoms with van der Waals surface area (Å²) in [6, 6.07) is 7.31. The number of alkyl halides is 1. The lowest BCUT2D eigenvalue weighted by atomic mass is 10.1. The molecule has 1 aromatic carbocycles. The molecule has 2 N–H and O–H groups in total. The van der Waals surface area contributed by atoms with E-state index in [-0.39, 0.29) is 12.5 Å². The molecule has 0 fully saturated rings. The average Bonchev–Trinajstić information content (AvgIpc) is 2.42. The Hall–Kier alpha value is -1.06. The van der Waals surface area contributed by atoms with Crippen molar-refractivity contribution in [1.29, 1.82) is 0 Å². The first-order valence-electron chi connectivity index (χ1n) is 6.32. The first-order chi connectivity index (χ1) is 8.77. The molecule has 1 rings (SSSR count). The minimum atomic E-state index is -0.0433. The predicted octanol–water partition coefficient (Wildman–Crippen LogP) is 2.71. The highest BCUT2D eigenvalue weighted by Crippen LogP contribution is 2.07. The van der Waals surface area contributed by atoms with Crippen molar-refractivity contribution in [1.82, 2.24) is 5.32 Å². The molecule has 0 aliphatic rings. The van der Waals surface area contributed by atoms with Crippen molar-refractivity contribution in [3.05, 3.63) is 35.4 Å². The van der Waals surface area contributed by atoms with Gasteiger partial charge in [0.15, 0.2) is 0 Å². The Morgan fingerprint density at radius 1 is 1.11 bits per heavy atom. The largest absolute Gasteiger partial charge is 0.396 e. The molecule has 0 saturated heterocycles. The van der Waals surface area contributed by atoms with Gasteiger partial charge in [-0.25, -0.2) is 0 Å². The molecule has 0 unspecified atom stereocenters. The van der Waals surface area contributed by atoms with E-state index in [0.29, 0.717) is 18.0 Å². The van der Waals surface area contributed by atoms with E-state index in [1.54, 1.807) is 12.1 Å². The summed E-state index contributed by atoms with van der Waals surface area (Å²) in [6.45, 7) is 0.931. The lowest BCUT2D eigenvalue weighted by molar-refractivity contribution is 0.0953. The third kappa shape index (κ3) is 5.52. The van der Waals surface area contributed by atoms with Crippen LogP contribution in [0.1, 0.15) is 41.6 Å². The normalized spacial score (nSPS) is 10.3. The fraction of sp³-hybridized carbons (Fsp3) is 0.500. The topological polar surface area (TPSA) is 49.3 Å². The summed E-state index contributed by atoms with van der Waals surface area (Å²) in [5.74, 6) is 0.422. The maximum atomic E-state index is 11.7. The van der Waals surface area contributed by atoms with Gasteiger partial charge in [0.05, 0.1) is 0 Å². The SMILES string of the molecule is O=C(NCCCCCCO)c1ccc(CCl)cc1. The zero-order chi connectivity index (χ0) is 13.2. The highest BCUT2D eigenvalue weighted by Gasteiger charge is 2.03. The van der Waals surface area contributed by atoms with Crippen LogP contribution in [0.25, 0.3) is 0 Å². The van der Waals surface area contributed by atoms with Crippen molar-refractivity contribution in [2.45, 2.75) is 31.6 Å². The number of halogens is 1. The van der Waals surface area contributed by atoms with Gasteiger partial charge in [0.1, 0.15) is 0 Å². The van der Waals surface area contributed by atoms with Crippen molar-refractivity contribution in [3.63, 3.8) is 0 Å². The first-order valence-corrected chi connectivity index (χ1v) is 6.85. The van der Waals surface area contributed by atoms with Crippen LogP contribution in [0.5, 0.6) is 0 Å². The van der Waals surface area contributed by atoms with E-state index >= 15 is 0 Å². The molecule has 0 saturated carbocycles. The molecule has 1 aromatic rings. The first kappa shape index (κ1) is 15.0. The van der Waals surface area contributed by atoms with Gasteiger partial charge in [0.2, 0.25) is 0 Å². The minimum absolute atomic E-state index is 0.0433. The van der Waals surface area contributed by atoms with E-state index in [4.69, 9.17) is 16.7 Å². The molecule has 0 heterocycles. The summed E-state index contributed by atoms with van der Waals surface area (Å²) < 4.78 is 0. The highest BCUT2D eigenvalue weighted by atomic mass is 35.5. The van der Waals surface area contributed by atoms with Crippen LogP contribution < -0.4 is 5.32 Å². The fourth-order valence-corrected chi connectivity index (χ4v) is 1.82. The quantitative estimate of drug-likeness (QED) is 0.563. The van der Waals surface area contributed by atoms with Crippen molar-refractivity contribution >= 4 is 17.5 Å². The van der Waals surface area contributed by atoms with Gasteiger partial charge in [-0.1, -0.05) is 25.0 Å². The Kier molecular flexibility index (Phi) is 7.46. The molecule has 0 atom stereocenters. The zero-order valence-corrected chi connectivity index (χ0v) is 11.2. The predicted molar refractivity (Wildman–Crippen MR) is 73.9 cm³/mol. The fourth-order valence-electron chi connectivity index (χ4n) is 1.64. The molecule has 1 amide bonds. The molecule has 3 nitrogen and oxygen atoms in total. The number of aliphatic hydroxyl groups excluding tert-OH is 1. The van der Waals surface area contributed by atoms with E-state index in [1.807, 2.05) is 12.1 Å². The molecule has 4 heteroatoms. The average molecular weight is 270 g/mol. The Bertz CT molecular complexity index is 351. The molecule has 18 heavy (non-hydrogen) atoms. The standard InChI is InChI=1S/C14H20ClNO2/c15-11-12-5-7-13(8-6-12)14(18)16-9-3-1-2-4-10-17/h5-8,17H,1-4,9-11H2,(H,16,18). The molecular weight excluding hydrogens is 250 g/mol. The maximum absolute atomic E-state index is 11.7. The molecule has 0 aliphatic heterocycles. The van der Waals surface area contributed by atoms with Crippen LogP contribution in [-0.4, -0.2) is 24.2 Å².